The van der Waals surface area contributed by atoms with E-state index in [9.17, 15) is 8.42 Å². The highest BCUT2D eigenvalue weighted by atomic mass is 79.9. The number of halogens is 1. The van der Waals surface area contributed by atoms with E-state index in [1.807, 2.05) is 19.0 Å². The van der Waals surface area contributed by atoms with E-state index in [1.165, 1.54) is 0 Å². The quantitative estimate of drug-likeness (QED) is 0.847. The Hall–Kier alpha value is -0.200. The molecule has 0 spiro atoms. The van der Waals surface area contributed by atoms with Crippen LogP contribution in [-0.2, 0) is 9.84 Å². The SMILES string of the molecule is CC[C@@H]([S])S(=O)(=O)c1ccc(Br)c(N(C)C)c1. The summed E-state index contributed by atoms with van der Waals surface area (Å²) in [6.45, 7) is 1.78. The first kappa shape index (κ1) is 14.9. The van der Waals surface area contributed by atoms with Crippen LogP contribution in [0.5, 0.6) is 0 Å². The smallest absolute Gasteiger partial charge is 0.191 e. The molecule has 0 saturated carbocycles. The summed E-state index contributed by atoms with van der Waals surface area (Å²) in [4.78, 5) is 2.14. The largest absolute Gasteiger partial charge is 0.377 e. The molecular weight excluding hydrogens is 322 g/mol. The van der Waals surface area contributed by atoms with E-state index in [4.69, 9.17) is 12.6 Å². The number of hydrogen-bond donors (Lipinski definition) is 0. The molecule has 0 aliphatic carbocycles. The summed E-state index contributed by atoms with van der Waals surface area (Å²) in [6, 6.07) is 4.97. The minimum Gasteiger partial charge on any atom is -0.377 e. The van der Waals surface area contributed by atoms with E-state index in [0.29, 0.717) is 6.42 Å². The summed E-state index contributed by atoms with van der Waals surface area (Å²) in [7, 11) is 0.331. The maximum Gasteiger partial charge on any atom is 0.191 e. The van der Waals surface area contributed by atoms with Gasteiger partial charge in [0.25, 0.3) is 0 Å². The third-order valence-electron chi connectivity index (χ3n) is 2.41. The van der Waals surface area contributed by atoms with Gasteiger partial charge in [-0.3, -0.25) is 0 Å². The molecule has 1 atom stereocenters. The summed E-state index contributed by atoms with van der Waals surface area (Å²) < 4.78 is 24.3. The van der Waals surface area contributed by atoms with Crippen LogP contribution in [0.2, 0.25) is 0 Å². The second-order valence-corrected chi connectivity index (χ2v) is 7.74. The average molecular weight is 337 g/mol. The van der Waals surface area contributed by atoms with Crippen LogP contribution >= 0.6 is 28.6 Å². The molecule has 1 rings (SSSR count). The predicted molar refractivity (Wildman–Crippen MR) is 77.3 cm³/mol. The number of anilines is 1. The molecule has 0 aliphatic heterocycles. The molecule has 0 aliphatic rings. The van der Waals surface area contributed by atoms with Crippen molar-refractivity contribution in [2.24, 2.45) is 0 Å². The number of sulfone groups is 1. The van der Waals surface area contributed by atoms with E-state index in [1.54, 1.807) is 25.1 Å². The molecule has 1 aromatic rings. The highest BCUT2D eigenvalue weighted by molar-refractivity contribution is 9.10. The van der Waals surface area contributed by atoms with Crippen molar-refractivity contribution in [1.82, 2.24) is 0 Å². The molecule has 0 unspecified atom stereocenters. The van der Waals surface area contributed by atoms with Gasteiger partial charge in [-0.05, 0) is 40.5 Å². The van der Waals surface area contributed by atoms with Crippen molar-refractivity contribution in [1.29, 1.82) is 0 Å². The lowest BCUT2D eigenvalue weighted by Crippen LogP contribution is -2.16. The van der Waals surface area contributed by atoms with Gasteiger partial charge < -0.3 is 4.90 Å². The Kier molecular flexibility index (Phi) is 4.92. The number of benzene rings is 1. The Morgan fingerprint density at radius 2 is 2.00 bits per heavy atom. The molecule has 1 radical (unpaired) electrons. The fourth-order valence-corrected chi connectivity index (χ4v) is 3.59. The first-order chi connectivity index (χ1) is 7.80. The van der Waals surface area contributed by atoms with Gasteiger partial charge >= 0.3 is 0 Å². The van der Waals surface area contributed by atoms with Crippen LogP contribution < -0.4 is 4.90 Å². The lowest BCUT2D eigenvalue weighted by atomic mass is 10.3. The van der Waals surface area contributed by atoms with E-state index < -0.39 is 14.4 Å². The molecule has 17 heavy (non-hydrogen) atoms. The van der Waals surface area contributed by atoms with Gasteiger partial charge in [0, 0.05) is 18.6 Å². The second-order valence-electron chi connectivity index (χ2n) is 3.89. The number of rotatable bonds is 4. The highest BCUT2D eigenvalue weighted by Gasteiger charge is 2.24. The molecule has 0 saturated heterocycles. The average Bonchev–Trinajstić information content (AvgIpc) is 2.27. The fourth-order valence-electron chi connectivity index (χ4n) is 1.38. The summed E-state index contributed by atoms with van der Waals surface area (Å²) >= 11 is 8.37. The topological polar surface area (TPSA) is 37.4 Å². The molecule has 1 aromatic carbocycles. The standard InChI is InChI=1S/C11H15BrNO2S2/c1-4-11(16)17(14,15)8-5-6-9(12)10(7-8)13(2)3/h5-7,11H,4H2,1-3H3/t11-/m0/s1. The van der Waals surface area contributed by atoms with Crippen molar-refractivity contribution in [3.63, 3.8) is 0 Å². The zero-order chi connectivity index (χ0) is 13.2. The van der Waals surface area contributed by atoms with Crippen LogP contribution in [0.25, 0.3) is 0 Å². The van der Waals surface area contributed by atoms with Crippen LogP contribution in [0.4, 0.5) is 5.69 Å². The van der Waals surface area contributed by atoms with Crippen molar-refractivity contribution in [3.8, 4) is 0 Å². The minimum absolute atomic E-state index is 0.284. The summed E-state index contributed by atoms with van der Waals surface area (Å²) in [5.74, 6) is 0. The van der Waals surface area contributed by atoms with Crippen LogP contribution in [0, 0.1) is 0 Å². The molecule has 0 N–H and O–H groups in total. The first-order valence-corrected chi connectivity index (χ1v) is 7.98. The third kappa shape index (κ3) is 3.17. The van der Waals surface area contributed by atoms with Crippen molar-refractivity contribution in [2.75, 3.05) is 19.0 Å². The molecule has 6 heteroatoms. The predicted octanol–water partition coefficient (Wildman–Crippen LogP) is 3.22. The van der Waals surface area contributed by atoms with Crippen molar-refractivity contribution < 1.29 is 8.42 Å². The molecule has 0 bridgehead atoms. The normalized spacial score (nSPS) is 13.5. The lowest BCUT2D eigenvalue weighted by molar-refractivity contribution is 0.592. The fraction of sp³-hybridized carbons (Fsp3) is 0.455. The maximum absolute atomic E-state index is 12.1. The number of hydrogen-bond acceptors (Lipinski definition) is 3. The monoisotopic (exact) mass is 336 g/mol. The van der Waals surface area contributed by atoms with Gasteiger partial charge in [-0.15, -0.1) is 0 Å². The summed E-state index contributed by atoms with van der Waals surface area (Å²) in [6.07, 6.45) is 0.436. The van der Waals surface area contributed by atoms with Gasteiger partial charge in [0.05, 0.1) is 10.6 Å². The zero-order valence-corrected chi connectivity index (χ0v) is 13.2. The second kappa shape index (κ2) is 5.63. The number of nitrogens with zero attached hydrogens (tertiary/aromatic N) is 1. The zero-order valence-electron chi connectivity index (χ0n) is 9.97. The van der Waals surface area contributed by atoms with Crippen LogP contribution in [0.15, 0.2) is 27.6 Å². The first-order valence-electron chi connectivity index (χ1n) is 5.17. The lowest BCUT2D eigenvalue weighted by Gasteiger charge is -2.17. The van der Waals surface area contributed by atoms with Gasteiger partial charge in [0.1, 0.15) is 4.58 Å². The third-order valence-corrected chi connectivity index (χ3v) is 6.11. The molecular formula is C11H15BrNO2S2. The molecule has 0 heterocycles. The Labute approximate surface area is 117 Å². The van der Waals surface area contributed by atoms with Gasteiger partial charge in [-0.2, -0.15) is 0 Å². The van der Waals surface area contributed by atoms with Crippen LogP contribution in [0.1, 0.15) is 13.3 Å². The Morgan fingerprint density at radius 3 is 2.47 bits per heavy atom. The van der Waals surface area contributed by atoms with E-state index in [2.05, 4.69) is 15.9 Å². The Bertz CT molecular complexity index is 500. The van der Waals surface area contributed by atoms with Gasteiger partial charge in [-0.1, -0.05) is 19.6 Å². The molecule has 0 aromatic heterocycles. The van der Waals surface area contributed by atoms with Crippen molar-refractivity contribution in [3.05, 3.63) is 22.7 Å². The molecule has 0 fully saturated rings. The van der Waals surface area contributed by atoms with Gasteiger partial charge in [-0.25, -0.2) is 8.42 Å². The van der Waals surface area contributed by atoms with Gasteiger partial charge in [0.2, 0.25) is 0 Å². The molecule has 3 nitrogen and oxygen atoms in total. The van der Waals surface area contributed by atoms with E-state index >= 15 is 0 Å². The molecule has 0 amide bonds. The van der Waals surface area contributed by atoms with E-state index in [-0.39, 0.29) is 4.90 Å². The van der Waals surface area contributed by atoms with E-state index in [0.717, 1.165) is 10.2 Å². The summed E-state index contributed by atoms with van der Waals surface area (Å²) in [5, 5.41) is 0. The summed E-state index contributed by atoms with van der Waals surface area (Å²) in [5.41, 5.74) is 0.823. The van der Waals surface area contributed by atoms with Crippen molar-refractivity contribution in [2.45, 2.75) is 22.8 Å². The molecule has 95 valence electrons. The minimum atomic E-state index is -3.39. The Balaban J connectivity index is 3.30. The van der Waals surface area contributed by atoms with Crippen LogP contribution in [0.3, 0.4) is 0 Å². The highest BCUT2D eigenvalue weighted by Crippen LogP contribution is 2.30. The van der Waals surface area contributed by atoms with Gasteiger partial charge in [0.15, 0.2) is 9.84 Å². The van der Waals surface area contributed by atoms with Crippen LogP contribution in [-0.4, -0.2) is 27.1 Å². The maximum atomic E-state index is 12.1. The Morgan fingerprint density at radius 1 is 1.41 bits per heavy atom. The van der Waals surface area contributed by atoms with Crippen molar-refractivity contribution >= 4 is 44.1 Å².